The number of furan rings is 1. The van der Waals surface area contributed by atoms with Gasteiger partial charge in [0, 0.05) is 17.0 Å². The monoisotopic (exact) mass is 329 g/mol. The molecule has 0 amide bonds. The summed E-state index contributed by atoms with van der Waals surface area (Å²) >= 11 is 1.20. The Balaban J connectivity index is 2.16. The van der Waals surface area contributed by atoms with Gasteiger partial charge in [0.15, 0.2) is 0 Å². The van der Waals surface area contributed by atoms with Gasteiger partial charge in [0.2, 0.25) is 10.0 Å². The van der Waals surface area contributed by atoms with Crippen LogP contribution in [0.3, 0.4) is 0 Å². The second kappa shape index (κ2) is 5.57. The quantitative estimate of drug-likeness (QED) is 0.883. The number of aryl methyl sites for hydroxylation is 3. The number of sulfonamides is 1. The van der Waals surface area contributed by atoms with Crippen LogP contribution >= 0.6 is 11.3 Å². The van der Waals surface area contributed by atoms with E-state index in [9.17, 15) is 13.5 Å². The lowest BCUT2D eigenvalue weighted by molar-refractivity contribution is 0.0612. The van der Waals surface area contributed by atoms with E-state index >= 15 is 0 Å². The maximum absolute atomic E-state index is 12.2. The summed E-state index contributed by atoms with van der Waals surface area (Å²) in [5, 5.41) is 10.5. The van der Waals surface area contributed by atoms with E-state index in [1.54, 1.807) is 39.0 Å². The van der Waals surface area contributed by atoms with Gasteiger partial charge in [-0.05, 0) is 45.9 Å². The van der Waals surface area contributed by atoms with Crippen LogP contribution in [0.25, 0.3) is 0 Å². The molecule has 21 heavy (non-hydrogen) atoms. The zero-order valence-corrected chi connectivity index (χ0v) is 14.1. The number of thiophene rings is 1. The van der Waals surface area contributed by atoms with Crippen molar-refractivity contribution in [2.45, 2.75) is 37.5 Å². The Bertz CT molecular complexity index is 741. The van der Waals surface area contributed by atoms with Crippen molar-refractivity contribution in [2.75, 3.05) is 6.54 Å². The van der Waals surface area contributed by atoms with Crippen LogP contribution in [0.1, 0.15) is 28.9 Å². The Morgan fingerprint density at radius 3 is 2.48 bits per heavy atom. The first-order valence-electron chi connectivity index (χ1n) is 6.48. The fourth-order valence-corrected chi connectivity index (χ4v) is 4.58. The highest BCUT2D eigenvalue weighted by atomic mass is 32.2. The Hall–Kier alpha value is -1.15. The van der Waals surface area contributed by atoms with Crippen molar-refractivity contribution in [1.82, 2.24) is 4.72 Å². The minimum atomic E-state index is -3.61. The summed E-state index contributed by atoms with van der Waals surface area (Å²) in [5.41, 5.74) is -0.744. The lowest BCUT2D eigenvalue weighted by Crippen LogP contribution is -2.38. The molecule has 2 N–H and O–H groups in total. The number of rotatable bonds is 5. The summed E-state index contributed by atoms with van der Waals surface area (Å²) in [7, 11) is -3.61. The first-order chi connectivity index (χ1) is 9.62. The standard InChI is InChI=1S/C14H19NO4S2/c1-9-7-12(11(3)19-9)14(4,16)8-15-21(17,18)13-6-5-10(2)20-13/h5-7,15-16H,8H2,1-4H3. The van der Waals surface area contributed by atoms with Gasteiger partial charge in [-0.15, -0.1) is 11.3 Å². The molecule has 0 aliphatic rings. The normalized spacial score (nSPS) is 15.1. The highest BCUT2D eigenvalue weighted by Crippen LogP contribution is 2.27. The Labute approximate surface area is 128 Å². The predicted molar refractivity (Wildman–Crippen MR) is 82.0 cm³/mol. The van der Waals surface area contributed by atoms with Crippen LogP contribution in [0, 0.1) is 20.8 Å². The Kier molecular flexibility index (Phi) is 4.30. The number of hydrogen-bond donors (Lipinski definition) is 2. The molecule has 0 saturated heterocycles. The summed E-state index contributed by atoms with van der Waals surface area (Å²) in [4.78, 5) is 0.920. The van der Waals surface area contributed by atoms with Gasteiger partial charge in [-0.3, -0.25) is 0 Å². The van der Waals surface area contributed by atoms with Crippen LogP contribution in [0.15, 0.2) is 26.8 Å². The van der Waals surface area contributed by atoms with Crippen molar-refractivity contribution in [3.63, 3.8) is 0 Å². The number of hydrogen-bond acceptors (Lipinski definition) is 5. The van der Waals surface area contributed by atoms with Crippen LogP contribution in [0.5, 0.6) is 0 Å². The molecule has 0 aromatic carbocycles. The average Bonchev–Trinajstić information content (AvgIpc) is 2.94. The highest BCUT2D eigenvalue weighted by molar-refractivity contribution is 7.91. The SMILES string of the molecule is Cc1cc(C(C)(O)CNS(=O)(=O)c2ccc(C)s2)c(C)o1. The Morgan fingerprint density at radius 2 is 2.00 bits per heavy atom. The maximum atomic E-state index is 12.2. The second-order valence-corrected chi connectivity index (χ2v) is 8.57. The van der Waals surface area contributed by atoms with E-state index in [-0.39, 0.29) is 10.8 Å². The lowest BCUT2D eigenvalue weighted by Gasteiger charge is -2.23. The molecule has 7 heteroatoms. The molecule has 2 rings (SSSR count). The molecule has 2 aromatic rings. The van der Waals surface area contributed by atoms with Crippen molar-refractivity contribution in [2.24, 2.45) is 0 Å². The smallest absolute Gasteiger partial charge is 0.250 e. The molecule has 116 valence electrons. The summed E-state index contributed by atoms with van der Waals surface area (Å²) in [5.74, 6) is 1.27. The predicted octanol–water partition coefficient (Wildman–Crippen LogP) is 2.45. The van der Waals surface area contributed by atoms with Crippen molar-refractivity contribution < 1.29 is 17.9 Å². The molecule has 0 radical (unpaired) electrons. The summed E-state index contributed by atoms with van der Waals surface area (Å²) in [6.07, 6.45) is 0. The van der Waals surface area contributed by atoms with E-state index in [4.69, 9.17) is 4.42 Å². The van der Waals surface area contributed by atoms with E-state index in [2.05, 4.69) is 4.72 Å². The van der Waals surface area contributed by atoms with Gasteiger partial charge in [-0.25, -0.2) is 13.1 Å². The van der Waals surface area contributed by atoms with Gasteiger partial charge in [0.05, 0.1) is 0 Å². The topological polar surface area (TPSA) is 79.5 Å². The van der Waals surface area contributed by atoms with Crippen LogP contribution in [-0.4, -0.2) is 20.1 Å². The van der Waals surface area contributed by atoms with Crippen LogP contribution in [-0.2, 0) is 15.6 Å². The number of nitrogens with one attached hydrogen (secondary N) is 1. The molecule has 1 unspecified atom stereocenters. The van der Waals surface area contributed by atoms with Crippen molar-refractivity contribution in [1.29, 1.82) is 0 Å². The van der Waals surface area contributed by atoms with Crippen molar-refractivity contribution >= 4 is 21.4 Å². The third-order valence-electron chi connectivity index (χ3n) is 3.21. The maximum Gasteiger partial charge on any atom is 0.250 e. The van der Waals surface area contributed by atoms with E-state index in [0.717, 1.165) is 4.88 Å². The minimum Gasteiger partial charge on any atom is -0.466 e. The molecule has 2 aromatic heterocycles. The van der Waals surface area contributed by atoms with E-state index in [1.165, 1.54) is 11.3 Å². The van der Waals surface area contributed by atoms with E-state index in [1.807, 2.05) is 6.92 Å². The van der Waals surface area contributed by atoms with Gasteiger partial charge in [-0.2, -0.15) is 0 Å². The van der Waals surface area contributed by atoms with Gasteiger partial charge in [0.1, 0.15) is 21.3 Å². The zero-order chi connectivity index (χ0) is 15.8. The third-order valence-corrected chi connectivity index (χ3v) is 6.10. The van der Waals surface area contributed by atoms with Crippen LogP contribution < -0.4 is 4.72 Å². The summed E-state index contributed by atoms with van der Waals surface area (Å²) < 4.78 is 32.4. The average molecular weight is 329 g/mol. The first kappa shape index (κ1) is 16.2. The second-order valence-electron chi connectivity index (χ2n) is 5.29. The molecule has 0 aliphatic carbocycles. The summed E-state index contributed by atoms with van der Waals surface area (Å²) in [6, 6.07) is 5.03. The lowest BCUT2D eigenvalue weighted by atomic mass is 9.97. The highest BCUT2D eigenvalue weighted by Gasteiger charge is 2.30. The fraction of sp³-hybridized carbons (Fsp3) is 0.429. The first-order valence-corrected chi connectivity index (χ1v) is 8.78. The molecule has 0 saturated carbocycles. The molecular formula is C14H19NO4S2. The van der Waals surface area contributed by atoms with Crippen molar-refractivity contribution in [3.05, 3.63) is 40.2 Å². The molecule has 2 heterocycles. The van der Waals surface area contributed by atoms with Gasteiger partial charge < -0.3 is 9.52 Å². The molecule has 0 aliphatic heterocycles. The molecule has 0 fully saturated rings. The molecule has 1 atom stereocenters. The fourth-order valence-electron chi connectivity index (χ4n) is 2.12. The third kappa shape index (κ3) is 3.55. The van der Waals surface area contributed by atoms with Crippen LogP contribution in [0.4, 0.5) is 0 Å². The van der Waals surface area contributed by atoms with E-state index in [0.29, 0.717) is 17.1 Å². The molecule has 5 nitrogen and oxygen atoms in total. The van der Waals surface area contributed by atoms with Gasteiger partial charge in [-0.1, -0.05) is 0 Å². The summed E-state index contributed by atoms with van der Waals surface area (Å²) in [6.45, 7) is 6.81. The van der Waals surface area contributed by atoms with Crippen LogP contribution in [0.2, 0.25) is 0 Å². The molecular weight excluding hydrogens is 310 g/mol. The van der Waals surface area contributed by atoms with Gasteiger partial charge >= 0.3 is 0 Å². The largest absolute Gasteiger partial charge is 0.466 e. The van der Waals surface area contributed by atoms with E-state index < -0.39 is 15.6 Å². The van der Waals surface area contributed by atoms with Crippen molar-refractivity contribution in [3.8, 4) is 0 Å². The molecule has 0 bridgehead atoms. The Morgan fingerprint density at radius 1 is 1.33 bits per heavy atom. The minimum absolute atomic E-state index is 0.119. The zero-order valence-electron chi connectivity index (χ0n) is 12.4. The molecule has 0 spiro atoms. The van der Waals surface area contributed by atoms with Gasteiger partial charge in [0.25, 0.3) is 0 Å². The number of aliphatic hydroxyl groups is 1.